The second kappa shape index (κ2) is 5.74. The highest BCUT2D eigenvalue weighted by Crippen LogP contribution is 2.20. The number of carbonyl (C=O) groups excluding carboxylic acids is 1. The van der Waals surface area contributed by atoms with Gasteiger partial charge in [0.25, 0.3) is 0 Å². The van der Waals surface area contributed by atoms with Crippen molar-refractivity contribution < 1.29 is 9.18 Å². The van der Waals surface area contributed by atoms with Gasteiger partial charge in [-0.2, -0.15) is 5.26 Å². The number of amides is 1. The zero-order valence-corrected chi connectivity index (χ0v) is 11.5. The predicted octanol–water partition coefficient (Wildman–Crippen LogP) is 2.61. The first-order valence-corrected chi connectivity index (χ1v) is 6.41. The maximum atomic E-state index is 13.1. The van der Waals surface area contributed by atoms with Crippen LogP contribution in [0.2, 0.25) is 0 Å². The Kier molecular flexibility index (Phi) is 4.04. The van der Waals surface area contributed by atoms with Gasteiger partial charge in [-0.25, -0.2) is 4.39 Å². The average Bonchev–Trinajstić information content (AvgIpc) is 2.80. The first-order chi connectivity index (χ1) is 9.52. The van der Waals surface area contributed by atoms with Crippen molar-refractivity contribution in [2.75, 3.05) is 7.05 Å². The van der Waals surface area contributed by atoms with Gasteiger partial charge in [0.1, 0.15) is 5.82 Å². The molecule has 0 aliphatic carbocycles. The summed E-state index contributed by atoms with van der Waals surface area (Å²) < 4.78 is 13.1. The van der Waals surface area contributed by atoms with Gasteiger partial charge in [-0.05, 0) is 30.7 Å². The molecule has 0 aliphatic rings. The zero-order valence-electron chi connectivity index (χ0n) is 11.5. The van der Waals surface area contributed by atoms with E-state index in [1.807, 2.05) is 6.92 Å². The van der Waals surface area contributed by atoms with Gasteiger partial charge in [0, 0.05) is 30.2 Å². The van der Waals surface area contributed by atoms with Gasteiger partial charge >= 0.3 is 0 Å². The van der Waals surface area contributed by atoms with Crippen LogP contribution >= 0.6 is 0 Å². The van der Waals surface area contributed by atoms with E-state index in [9.17, 15) is 9.18 Å². The van der Waals surface area contributed by atoms with Crippen LogP contribution in [0.15, 0.2) is 24.4 Å². The Morgan fingerprint density at radius 1 is 1.55 bits per heavy atom. The van der Waals surface area contributed by atoms with Crippen LogP contribution in [0.4, 0.5) is 4.39 Å². The molecular weight excluding hydrogens is 257 g/mol. The van der Waals surface area contributed by atoms with Crippen LogP contribution in [0.1, 0.15) is 18.9 Å². The Bertz CT molecular complexity index is 671. The third-order valence-electron chi connectivity index (χ3n) is 3.51. The Labute approximate surface area is 116 Å². The van der Waals surface area contributed by atoms with E-state index in [4.69, 9.17) is 5.26 Å². The molecule has 1 heterocycles. The van der Waals surface area contributed by atoms with Gasteiger partial charge in [-0.3, -0.25) is 4.79 Å². The van der Waals surface area contributed by atoms with Crippen molar-refractivity contribution in [2.45, 2.75) is 25.8 Å². The van der Waals surface area contributed by atoms with Crippen molar-refractivity contribution in [3.63, 3.8) is 0 Å². The summed E-state index contributed by atoms with van der Waals surface area (Å²) in [5, 5.41) is 9.51. The Morgan fingerprint density at radius 2 is 2.30 bits per heavy atom. The lowest BCUT2D eigenvalue weighted by molar-refractivity contribution is -0.130. The van der Waals surface area contributed by atoms with Gasteiger partial charge in [-0.1, -0.05) is 0 Å². The maximum Gasteiger partial charge on any atom is 0.227 e. The van der Waals surface area contributed by atoms with E-state index < -0.39 is 0 Å². The molecule has 0 saturated heterocycles. The van der Waals surface area contributed by atoms with Crippen molar-refractivity contribution in [3.8, 4) is 6.07 Å². The molecule has 0 spiro atoms. The van der Waals surface area contributed by atoms with Crippen LogP contribution in [-0.2, 0) is 11.2 Å². The molecule has 1 aromatic heterocycles. The number of benzene rings is 1. The monoisotopic (exact) mass is 273 g/mol. The Hall–Kier alpha value is -2.35. The summed E-state index contributed by atoms with van der Waals surface area (Å²) in [4.78, 5) is 16.7. The van der Waals surface area contributed by atoms with Crippen molar-refractivity contribution in [1.82, 2.24) is 9.88 Å². The van der Waals surface area contributed by atoms with E-state index in [1.165, 1.54) is 12.1 Å². The molecular formula is C15H16FN3O. The second-order valence-corrected chi connectivity index (χ2v) is 4.90. The molecule has 4 nitrogen and oxygen atoms in total. The fraction of sp³-hybridized carbons (Fsp3) is 0.333. The van der Waals surface area contributed by atoms with E-state index in [2.05, 4.69) is 11.1 Å². The average molecular weight is 273 g/mol. The number of halogens is 1. The molecule has 2 rings (SSSR count). The van der Waals surface area contributed by atoms with Gasteiger partial charge in [-0.15, -0.1) is 0 Å². The molecule has 0 saturated carbocycles. The number of H-pyrrole nitrogens is 1. The summed E-state index contributed by atoms with van der Waals surface area (Å²) in [7, 11) is 1.69. The highest BCUT2D eigenvalue weighted by Gasteiger charge is 2.17. The fourth-order valence-corrected chi connectivity index (χ4v) is 2.11. The number of fused-ring (bicyclic) bond motifs is 1. The topological polar surface area (TPSA) is 59.9 Å². The van der Waals surface area contributed by atoms with Gasteiger partial charge in [0.2, 0.25) is 5.91 Å². The molecule has 1 amide bonds. The highest BCUT2D eigenvalue weighted by molar-refractivity contribution is 5.88. The molecule has 0 aliphatic heterocycles. The number of aromatic nitrogens is 1. The fourth-order valence-electron chi connectivity index (χ4n) is 2.11. The van der Waals surface area contributed by atoms with Gasteiger partial charge < -0.3 is 9.88 Å². The van der Waals surface area contributed by atoms with Crippen LogP contribution in [0, 0.1) is 17.1 Å². The zero-order chi connectivity index (χ0) is 14.7. The number of nitrogens with one attached hydrogen (secondary N) is 1. The summed E-state index contributed by atoms with van der Waals surface area (Å²) in [5.74, 6) is -0.366. The van der Waals surface area contributed by atoms with Gasteiger partial charge in [0.15, 0.2) is 0 Å². The van der Waals surface area contributed by atoms with Crippen LogP contribution in [0.3, 0.4) is 0 Å². The molecule has 2 aromatic rings. The van der Waals surface area contributed by atoms with Crippen LogP contribution < -0.4 is 0 Å². The molecule has 0 fully saturated rings. The predicted molar refractivity (Wildman–Crippen MR) is 74.4 cm³/mol. The van der Waals surface area contributed by atoms with Crippen molar-refractivity contribution in [1.29, 1.82) is 5.26 Å². The maximum absolute atomic E-state index is 13.1. The normalized spacial score (nSPS) is 12.1. The van der Waals surface area contributed by atoms with E-state index in [0.29, 0.717) is 11.9 Å². The summed E-state index contributed by atoms with van der Waals surface area (Å²) >= 11 is 0. The minimum Gasteiger partial charge on any atom is -0.361 e. The van der Waals surface area contributed by atoms with Crippen molar-refractivity contribution >= 4 is 16.8 Å². The molecule has 20 heavy (non-hydrogen) atoms. The van der Waals surface area contributed by atoms with E-state index in [-0.39, 0.29) is 24.2 Å². The van der Waals surface area contributed by atoms with E-state index in [0.717, 1.165) is 10.9 Å². The lowest BCUT2D eigenvalue weighted by atomic mass is 10.1. The van der Waals surface area contributed by atoms with Crippen LogP contribution in [0.5, 0.6) is 0 Å². The Morgan fingerprint density at radius 3 is 3.00 bits per heavy atom. The summed E-state index contributed by atoms with van der Waals surface area (Å²) in [6.07, 6.45) is 2.27. The summed E-state index contributed by atoms with van der Waals surface area (Å²) in [6, 6.07) is 6.40. The number of rotatable bonds is 4. The first kappa shape index (κ1) is 14.1. The molecule has 0 radical (unpaired) electrons. The van der Waals surface area contributed by atoms with E-state index in [1.54, 1.807) is 24.2 Å². The third-order valence-corrected chi connectivity index (χ3v) is 3.51. The van der Waals surface area contributed by atoms with Crippen molar-refractivity contribution in [3.05, 3.63) is 35.8 Å². The number of hydrogen-bond acceptors (Lipinski definition) is 2. The molecule has 5 heteroatoms. The largest absolute Gasteiger partial charge is 0.361 e. The number of carbonyl (C=O) groups is 1. The molecule has 1 N–H and O–H groups in total. The minimum atomic E-state index is -0.308. The first-order valence-electron chi connectivity index (χ1n) is 6.41. The smallest absolute Gasteiger partial charge is 0.227 e. The lowest BCUT2D eigenvalue weighted by Gasteiger charge is -2.22. The number of nitrogens with zero attached hydrogens (tertiary/aromatic N) is 2. The summed E-state index contributed by atoms with van der Waals surface area (Å²) in [6.45, 7) is 1.84. The lowest BCUT2D eigenvalue weighted by Crippen LogP contribution is -2.35. The van der Waals surface area contributed by atoms with Crippen molar-refractivity contribution in [2.24, 2.45) is 0 Å². The quantitative estimate of drug-likeness (QED) is 0.930. The second-order valence-electron chi connectivity index (χ2n) is 4.90. The number of nitriles is 1. The Balaban J connectivity index is 2.16. The number of aromatic amines is 1. The molecule has 104 valence electrons. The summed E-state index contributed by atoms with van der Waals surface area (Å²) in [5.41, 5.74) is 1.52. The molecule has 0 bridgehead atoms. The number of likely N-dealkylation sites (N-methyl/N-ethyl adjacent to an activating group) is 1. The molecule has 1 aromatic carbocycles. The number of hydrogen-bond donors (Lipinski definition) is 1. The van der Waals surface area contributed by atoms with Gasteiger partial charge in [0.05, 0.1) is 18.9 Å². The van der Waals surface area contributed by atoms with Crippen LogP contribution in [0.25, 0.3) is 10.9 Å². The SMILES string of the molecule is C[C@@H](CC#N)N(C)C(=O)Cc1c[nH]c2cc(F)ccc12. The highest BCUT2D eigenvalue weighted by atomic mass is 19.1. The van der Waals surface area contributed by atoms with E-state index >= 15 is 0 Å². The standard InChI is InChI=1S/C15H16FN3O/c1-10(5-6-17)19(2)15(20)7-11-9-18-14-8-12(16)3-4-13(11)14/h3-4,8-10,18H,5,7H2,1-2H3/t10-/m0/s1. The van der Waals surface area contributed by atoms with Crippen LogP contribution in [-0.4, -0.2) is 28.9 Å². The molecule has 1 atom stereocenters. The molecule has 0 unspecified atom stereocenters. The third kappa shape index (κ3) is 2.80. The minimum absolute atomic E-state index is 0.0574.